The number of hydrogen-bond donors (Lipinski definition) is 0. The zero-order valence-electron chi connectivity index (χ0n) is 12.1. The number of aryl methyl sites for hydroxylation is 1. The van der Waals surface area contributed by atoms with Crippen LogP contribution in [0.25, 0.3) is 0 Å². The minimum atomic E-state index is -0.727. The van der Waals surface area contributed by atoms with Crippen LogP contribution < -0.4 is 0 Å². The van der Waals surface area contributed by atoms with Crippen LogP contribution in [-0.2, 0) is 14.3 Å². The van der Waals surface area contributed by atoms with Crippen LogP contribution in [0.15, 0.2) is 24.3 Å². The third-order valence-electron chi connectivity index (χ3n) is 4.06. The molecule has 0 aromatic heterocycles. The predicted octanol–water partition coefficient (Wildman–Crippen LogP) is 2.88. The van der Waals surface area contributed by atoms with E-state index in [1.807, 2.05) is 19.1 Å². The molecule has 0 amide bonds. The maximum Gasteiger partial charge on any atom is 0.338 e. The van der Waals surface area contributed by atoms with Crippen LogP contribution in [0.3, 0.4) is 0 Å². The van der Waals surface area contributed by atoms with E-state index in [-0.39, 0.29) is 11.9 Å². The number of benzene rings is 1. The summed E-state index contributed by atoms with van der Waals surface area (Å²) in [7, 11) is 1.37. The maximum absolute atomic E-state index is 12.1. The lowest BCUT2D eigenvalue weighted by atomic mass is 9.86. The molecule has 4 nitrogen and oxygen atoms in total. The van der Waals surface area contributed by atoms with Gasteiger partial charge in [-0.2, -0.15) is 0 Å². The second-order valence-corrected chi connectivity index (χ2v) is 5.56. The first-order chi connectivity index (χ1) is 9.47. The van der Waals surface area contributed by atoms with Crippen molar-refractivity contribution >= 4 is 11.9 Å². The summed E-state index contributed by atoms with van der Waals surface area (Å²) < 4.78 is 10.4. The Hall–Kier alpha value is -1.84. The summed E-state index contributed by atoms with van der Waals surface area (Å²) in [5.41, 5.74) is 0.867. The van der Waals surface area contributed by atoms with Gasteiger partial charge in [-0.05, 0) is 45.2 Å². The number of methoxy groups -OCH3 is 1. The minimum Gasteiger partial charge on any atom is -0.468 e. The molecule has 0 N–H and O–H groups in total. The van der Waals surface area contributed by atoms with Gasteiger partial charge in [0.05, 0.1) is 12.7 Å². The standard InChI is InChI=1S/C16H20O4/c1-11-6-8-12(9-7-11)14(17)20-13-5-4-10-16(13,2)15(18)19-3/h6-9,13H,4-5,10H2,1-3H3. The zero-order chi connectivity index (χ0) is 14.8. The number of ether oxygens (including phenoxy) is 2. The lowest BCUT2D eigenvalue weighted by molar-refractivity contribution is -0.156. The summed E-state index contributed by atoms with van der Waals surface area (Å²) in [6.07, 6.45) is 1.83. The Morgan fingerprint density at radius 3 is 2.50 bits per heavy atom. The highest BCUT2D eigenvalue weighted by atomic mass is 16.6. The molecule has 0 spiro atoms. The van der Waals surface area contributed by atoms with E-state index in [4.69, 9.17) is 9.47 Å². The fourth-order valence-corrected chi connectivity index (χ4v) is 2.68. The molecule has 4 heteroatoms. The molecule has 0 aliphatic heterocycles. The molecule has 2 atom stereocenters. The van der Waals surface area contributed by atoms with E-state index in [2.05, 4.69) is 0 Å². The van der Waals surface area contributed by atoms with E-state index in [0.29, 0.717) is 18.4 Å². The van der Waals surface area contributed by atoms with Crippen molar-refractivity contribution in [1.29, 1.82) is 0 Å². The van der Waals surface area contributed by atoms with Gasteiger partial charge in [0.2, 0.25) is 0 Å². The fourth-order valence-electron chi connectivity index (χ4n) is 2.68. The Balaban J connectivity index is 2.11. The molecule has 108 valence electrons. The Bertz CT molecular complexity index is 506. The van der Waals surface area contributed by atoms with E-state index in [1.54, 1.807) is 19.1 Å². The average Bonchev–Trinajstić information content (AvgIpc) is 2.81. The highest BCUT2D eigenvalue weighted by Gasteiger charge is 2.48. The largest absolute Gasteiger partial charge is 0.468 e. The molecule has 1 aromatic carbocycles. The molecule has 1 saturated carbocycles. The molecule has 20 heavy (non-hydrogen) atoms. The molecule has 2 unspecified atom stereocenters. The van der Waals surface area contributed by atoms with Gasteiger partial charge in [0, 0.05) is 0 Å². The number of carbonyl (C=O) groups excluding carboxylic acids is 2. The van der Waals surface area contributed by atoms with Crippen molar-refractivity contribution in [2.45, 2.75) is 39.2 Å². The summed E-state index contributed by atoms with van der Waals surface area (Å²) in [6.45, 7) is 3.76. The van der Waals surface area contributed by atoms with Gasteiger partial charge in [-0.25, -0.2) is 4.79 Å². The van der Waals surface area contributed by atoms with Gasteiger partial charge in [-0.1, -0.05) is 17.7 Å². The molecule has 1 aromatic rings. The highest BCUT2D eigenvalue weighted by Crippen LogP contribution is 2.41. The Morgan fingerprint density at radius 1 is 1.25 bits per heavy atom. The normalized spacial score (nSPS) is 25.2. The minimum absolute atomic E-state index is 0.309. The molecule has 1 aliphatic rings. The Kier molecular flexibility index (Phi) is 4.12. The molecule has 2 rings (SSSR count). The van der Waals surface area contributed by atoms with Gasteiger partial charge >= 0.3 is 11.9 Å². The summed E-state index contributed by atoms with van der Waals surface area (Å²) >= 11 is 0. The third kappa shape index (κ3) is 2.69. The molecule has 0 saturated heterocycles. The van der Waals surface area contributed by atoms with Crippen molar-refractivity contribution in [3.05, 3.63) is 35.4 Å². The number of hydrogen-bond acceptors (Lipinski definition) is 4. The fraction of sp³-hybridized carbons (Fsp3) is 0.500. The molecule has 0 bridgehead atoms. The summed E-state index contributed by atoms with van der Waals surface area (Å²) in [5, 5.41) is 0. The number of carbonyl (C=O) groups is 2. The average molecular weight is 276 g/mol. The number of rotatable bonds is 3. The van der Waals surface area contributed by atoms with Crippen molar-refractivity contribution in [3.63, 3.8) is 0 Å². The summed E-state index contributed by atoms with van der Waals surface area (Å²) in [6, 6.07) is 7.21. The predicted molar refractivity (Wildman–Crippen MR) is 74.4 cm³/mol. The van der Waals surface area contributed by atoms with Crippen LogP contribution in [-0.4, -0.2) is 25.2 Å². The highest BCUT2D eigenvalue weighted by molar-refractivity contribution is 5.90. The Morgan fingerprint density at radius 2 is 1.90 bits per heavy atom. The monoisotopic (exact) mass is 276 g/mol. The zero-order valence-corrected chi connectivity index (χ0v) is 12.1. The van der Waals surface area contributed by atoms with Crippen LogP contribution in [0, 0.1) is 12.3 Å². The Labute approximate surface area is 119 Å². The van der Waals surface area contributed by atoms with E-state index in [9.17, 15) is 9.59 Å². The van der Waals surface area contributed by atoms with Crippen molar-refractivity contribution < 1.29 is 19.1 Å². The first-order valence-electron chi connectivity index (χ1n) is 6.83. The molecule has 1 fully saturated rings. The lowest BCUT2D eigenvalue weighted by Crippen LogP contribution is -2.39. The van der Waals surface area contributed by atoms with Crippen molar-refractivity contribution in [2.75, 3.05) is 7.11 Å². The van der Waals surface area contributed by atoms with Gasteiger partial charge in [-0.3, -0.25) is 4.79 Å². The van der Waals surface area contributed by atoms with Gasteiger partial charge in [0.1, 0.15) is 11.5 Å². The van der Waals surface area contributed by atoms with Gasteiger partial charge < -0.3 is 9.47 Å². The smallest absolute Gasteiger partial charge is 0.338 e. The second-order valence-electron chi connectivity index (χ2n) is 5.56. The van der Waals surface area contributed by atoms with Crippen molar-refractivity contribution in [3.8, 4) is 0 Å². The first-order valence-corrected chi connectivity index (χ1v) is 6.83. The van der Waals surface area contributed by atoms with Crippen LogP contribution in [0.1, 0.15) is 42.1 Å². The molecular weight excluding hydrogens is 256 g/mol. The van der Waals surface area contributed by atoms with E-state index in [0.717, 1.165) is 12.0 Å². The van der Waals surface area contributed by atoms with Crippen LogP contribution >= 0.6 is 0 Å². The second kappa shape index (κ2) is 5.65. The van der Waals surface area contributed by atoms with Gasteiger partial charge in [0.25, 0.3) is 0 Å². The third-order valence-corrected chi connectivity index (χ3v) is 4.06. The van der Waals surface area contributed by atoms with Gasteiger partial charge in [0.15, 0.2) is 0 Å². The summed E-state index contributed by atoms with van der Waals surface area (Å²) in [5.74, 6) is -0.691. The summed E-state index contributed by atoms with van der Waals surface area (Å²) in [4.78, 5) is 24.0. The SMILES string of the molecule is COC(=O)C1(C)CCCC1OC(=O)c1ccc(C)cc1. The van der Waals surface area contributed by atoms with Crippen LogP contribution in [0.2, 0.25) is 0 Å². The van der Waals surface area contributed by atoms with E-state index < -0.39 is 11.5 Å². The van der Waals surface area contributed by atoms with Crippen LogP contribution in [0.4, 0.5) is 0 Å². The lowest BCUT2D eigenvalue weighted by Gasteiger charge is -2.28. The first kappa shape index (κ1) is 14.6. The molecule has 1 aliphatic carbocycles. The quantitative estimate of drug-likeness (QED) is 0.797. The molecule has 0 radical (unpaired) electrons. The maximum atomic E-state index is 12.1. The van der Waals surface area contributed by atoms with Gasteiger partial charge in [-0.15, -0.1) is 0 Å². The topological polar surface area (TPSA) is 52.6 Å². The molecule has 0 heterocycles. The van der Waals surface area contributed by atoms with E-state index >= 15 is 0 Å². The molecular formula is C16H20O4. The van der Waals surface area contributed by atoms with Crippen molar-refractivity contribution in [1.82, 2.24) is 0 Å². The van der Waals surface area contributed by atoms with E-state index in [1.165, 1.54) is 7.11 Å². The van der Waals surface area contributed by atoms with Crippen molar-refractivity contribution in [2.24, 2.45) is 5.41 Å². The van der Waals surface area contributed by atoms with Crippen LogP contribution in [0.5, 0.6) is 0 Å². The number of esters is 2.